The lowest BCUT2D eigenvalue weighted by atomic mass is 10.1. The largest absolute Gasteiger partial charge is 0.466 e. The summed E-state index contributed by atoms with van der Waals surface area (Å²) in [7, 11) is 0. The van der Waals surface area contributed by atoms with E-state index in [9.17, 15) is 4.79 Å². The van der Waals surface area contributed by atoms with Crippen molar-refractivity contribution >= 4 is 17.6 Å². The van der Waals surface area contributed by atoms with Crippen molar-refractivity contribution in [1.82, 2.24) is 0 Å². The van der Waals surface area contributed by atoms with Gasteiger partial charge in [-0.05, 0) is 43.9 Å². The maximum Gasteiger partial charge on any atom is 0.305 e. The SMILES string of the molecule is CCOC(=O)CCCCc1cccc(Cl)c1. The number of unbranched alkanes of at least 4 members (excludes halogenated alkanes) is 1. The normalized spacial score (nSPS) is 10.1. The molecule has 0 heterocycles. The number of aryl methyl sites for hydroxylation is 1. The Labute approximate surface area is 102 Å². The summed E-state index contributed by atoms with van der Waals surface area (Å²) in [6.07, 6.45) is 3.32. The monoisotopic (exact) mass is 240 g/mol. The molecule has 1 aromatic rings. The molecule has 88 valence electrons. The smallest absolute Gasteiger partial charge is 0.305 e. The van der Waals surface area contributed by atoms with Crippen molar-refractivity contribution < 1.29 is 9.53 Å². The van der Waals surface area contributed by atoms with Crippen molar-refractivity contribution in [2.45, 2.75) is 32.6 Å². The average molecular weight is 241 g/mol. The van der Waals surface area contributed by atoms with Crippen LogP contribution >= 0.6 is 11.6 Å². The Morgan fingerprint density at radius 2 is 2.19 bits per heavy atom. The van der Waals surface area contributed by atoms with E-state index < -0.39 is 0 Å². The molecule has 0 unspecified atom stereocenters. The fourth-order valence-corrected chi connectivity index (χ4v) is 1.74. The molecular weight excluding hydrogens is 224 g/mol. The minimum absolute atomic E-state index is 0.103. The highest BCUT2D eigenvalue weighted by atomic mass is 35.5. The van der Waals surface area contributed by atoms with Crippen LogP contribution in [0.15, 0.2) is 24.3 Å². The molecule has 0 radical (unpaired) electrons. The van der Waals surface area contributed by atoms with E-state index >= 15 is 0 Å². The van der Waals surface area contributed by atoms with E-state index in [0.29, 0.717) is 13.0 Å². The molecular formula is C13H17ClO2. The topological polar surface area (TPSA) is 26.3 Å². The highest BCUT2D eigenvalue weighted by Gasteiger charge is 2.01. The molecule has 0 fully saturated rings. The number of carbonyl (C=O) groups excluding carboxylic acids is 1. The minimum Gasteiger partial charge on any atom is -0.466 e. The van der Waals surface area contributed by atoms with Gasteiger partial charge in [0.2, 0.25) is 0 Å². The van der Waals surface area contributed by atoms with Crippen LogP contribution in [0.5, 0.6) is 0 Å². The summed E-state index contributed by atoms with van der Waals surface area (Å²) in [5.41, 5.74) is 1.22. The van der Waals surface area contributed by atoms with Gasteiger partial charge in [-0.15, -0.1) is 0 Å². The Hall–Kier alpha value is -1.02. The Kier molecular flexibility index (Phi) is 5.94. The Morgan fingerprint density at radius 1 is 1.38 bits per heavy atom. The van der Waals surface area contributed by atoms with Gasteiger partial charge in [-0.3, -0.25) is 4.79 Å². The number of carbonyl (C=O) groups is 1. The molecule has 0 bridgehead atoms. The molecule has 0 spiro atoms. The zero-order chi connectivity index (χ0) is 11.8. The second kappa shape index (κ2) is 7.29. The van der Waals surface area contributed by atoms with Gasteiger partial charge < -0.3 is 4.74 Å². The van der Waals surface area contributed by atoms with Crippen molar-refractivity contribution in [3.05, 3.63) is 34.9 Å². The predicted molar refractivity (Wildman–Crippen MR) is 65.6 cm³/mol. The van der Waals surface area contributed by atoms with E-state index in [1.807, 2.05) is 25.1 Å². The van der Waals surface area contributed by atoms with Gasteiger partial charge in [0.1, 0.15) is 0 Å². The Bertz CT molecular complexity index is 336. The third-order valence-electron chi connectivity index (χ3n) is 2.29. The summed E-state index contributed by atoms with van der Waals surface area (Å²) < 4.78 is 4.85. The van der Waals surface area contributed by atoms with Crippen LogP contribution in [-0.2, 0) is 16.0 Å². The van der Waals surface area contributed by atoms with Crippen LogP contribution in [0.1, 0.15) is 31.7 Å². The van der Waals surface area contributed by atoms with Crippen molar-refractivity contribution in [3.8, 4) is 0 Å². The first-order valence-electron chi connectivity index (χ1n) is 5.62. The number of ether oxygens (including phenoxy) is 1. The molecule has 0 amide bonds. The average Bonchev–Trinajstić information content (AvgIpc) is 2.25. The summed E-state index contributed by atoms with van der Waals surface area (Å²) in [5, 5.41) is 0.767. The fraction of sp³-hybridized carbons (Fsp3) is 0.462. The summed E-state index contributed by atoms with van der Waals surface area (Å²) >= 11 is 5.88. The van der Waals surface area contributed by atoms with Crippen LogP contribution in [0.3, 0.4) is 0 Å². The zero-order valence-electron chi connectivity index (χ0n) is 9.54. The van der Waals surface area contributed by atoms with Gasteiger partial charge in [0, 0.05) is 11.4 Å². The first-order valence-corrected chi connectivity index (χ1v) is 6.00. The van der Waals surface area contributed by atoms with E-state index in [4.69, 9.17) is 16.3 Å². The lowest BCUT2D eigenvalue weighted by molar-refractivity contribution is -0.143. The molecule has 0 aliphatic carbocycles. The zero-order valence-corrected chi connectivity index (χ0v) is 10.3. The molecule has 1 aromatic carbocycles. The highest BCUT2D eigenvalue weighted by Crippen LogP contribution is 2.13. The van der Waals surface area contributed by atoms with Crippen LogP contribution < -0.4 is 0 Å². The third kappa shape index (κ3) is 5.17. The maximum atomic E-state index is 11.1. The van der Waals surface area contributed by atoms with Gasteiger partial charge in [0.25, 0.3) is 0 Å². The fourth-order valence-electron chi connectivity index (χ4n) is 1.52. The molecule has 2 nitrogen and oxygen atoms in total. The summed E-state index contributed by atoms with van der Waals surface area (Å²) in [4.78, 5) is 11.1. The van der Waals surface area contributed by atoms with E-state index in [1.165, 1.54) is 5.56 Å². The number of esters is 1. The number of rotatable bonds is 6. The number of halogens is 1. The van der Waals surface area contributed by atoms with E-state index in [1.54, 1.807) is 0 Å². The van der Waals surface area contributed by atoms with Crippen molar-refractivity contribution in [2.24, 2.45) is 0 Å². The molecule has 1 rings (SSSR count). The molecule has 0 aromatic heterocycles. The van der Waals surface area contributed by atoms with Crippen LogP contribution in [-0.4, -0.2) is 12.6 Å². The van der Waals surface area contributed by atoms with Crippen molar-refractivity contribution in [3.63, 3.8) is 0 Å². The Balaban J connectivity index is 2.18. The molecule has 0 saturated carbocycles. The van der Waals surface area contributed by atoms with E-state index in [0.717, 1.165) is 24.3 Å². The van der Waals surface area contributed by atoms with Gasteiger partial charge in [-0.2, -0.15) is 0 Å². The van der Waals surface area contributed by atoms with Gasteiger partial charge in [-0.25, -0.2) is 0 Å². The van der Waals surface area contributed by atoms with Crippen molar-refractivity contribution in [1.29, 1.82) is 0 Å². The first kappa shape index (κ1) is 13.0. The molecule has 3 heteroatoms. The van der Waals surface area contributed by atoms with Crippen LogP contribution in [0.25, 0.3) is 0 Å². The highest BCUT2D eigenvalue weighted by molar-refractivity contribution is 6.30. The van der Waals surface area contributed by atoms with E-state index in [2.05, 4.69) is 6.07 Å². The van der Waals surface area contributed by atoms with E-state index in [-0.39, 0.29) is 5.97 Å². The van der Waals surface area contributed by atoms with Crippen LogP contribution in [0.2, 0.25) is 5.02 Å². The summed E-state index contributed by atoms with van der Waals surface area (Å²) in [6.45, 7) is 2.29. The minimum atomic E-state index is -0.103. The van der Waals surface area contributed by atoms with Gasteiger partial charge >= 0.3 is 5.97 Å². The second-order valence-corrected chi connectivity index (χ2v) is 4.08. The number of hydrogen-bond acceptors (Lipinski definition) is 2. The Morgan fingerprint density at radius 3 is 2.88 bits per heavy atom. The molecule has 16 heavy (non-hydrogen) atoms. The van der Waals surface area contributed by atoms with Gasteiger partial charge in [-0.1, -0.05) is 23.7 Å². The molecule has 0 saturated heterocycles. The second-order valence-electron chi connectivity index (χ2n) is 3.64. The van der Waals surface area contributed by atoms with Crippen LogP contribution in [0.4, 0.5) is 0 Å². The predicted octanol–water partition coefficient (Wildman–Crippen LogP) is 3.62. The lowest BCUT2D eigenvalue weighted by Crippen LogP contribution is -2.03. The standard InChI is InChI=1S/C13H17ClO2/c1-2-16-13(15)9-4-3-6-11-7-5-8-12(14)10-11/h5,7-8,10H,2-4,6,9H2,1H3. The van der Waals surface area contributed by atoms with Gasteiger partial charge in [0.15, 0.2) is 0 Å². The quantitative estimate of drug-likeness (QED) is 0.561. The number of hydrogen-bond donors (Lipinski definition) is 0. The molecule has 0 atom stereocenters. The van der Waals surface area contributed by atoms with Crippen molar-refractivity contribution in [2.75, 3.05) is 6.61 Å². The molecule has 0 aliphatic rings. The first-order chi connectivity index (χ1) is 7.72. The van der Waals surface area contributed by atoms with Gasteiger partial charge in [0.05, 0.1) is 6.61 Å². The third-order valence-corrected chi connectivity index (χ3v) is 2.53. The number of benzene rings is 1. The molecule has 0 N–H and O–H groups in total. The molecule has 0 aliphatic heterocycles. The van der Waals surface area contributed by atoms with Crippen LogP contribution in [0, 0.1) is 0 Å². The maximum absolute atomic E-state index is 11.1. The lowest BCUT2D eigenvalue weighted by Gasteiger charge is -2.02. The summed E-state index contributed by atoms with van der Waals surface area (Å²) in [5.74, 6) is -0.103. The summed E-state index contributed by atoms with van der Waals surface area (Å²) in [6, 6.07) is 7.83.